The molecule has 0 aliphatic carbocycles. The molecule has 0 saturated carbocycles. The Morgan fingerprint density at radius 3 is 2.60 bits per heavy atom. The zero-order valence-electron chi connectivity index (χ0n) is 11.1. The van der Waals surface area contributed by atoms with E-state index in [1.54, 1.807) is 13.8 Å². The van der Waals surface area contributed by atoms with Gasteiger partial charge in [0.05, 0.1) is 18.8 Å². The second kappa shape index (κ2) is 5.70. The lowest BCUT2D eigenvalue weighted by molar-refractivity contribution is 0.281. The Hall–Kier alpha value is -1.77. The molecule has 0 spiro atoms. The zero-order chi connectivity index (χ0) is 14.8. The van der Waals surface area contributed by atoms with Crippen molar-refractivity contribution in [2.45, 2.75) is 32.0 Å². The summed E-state index contributed by atoms with van der Waals surface area (Å²) in [6, 6.07) is 2.83. The van der Waals surface area contributed by atoms with Crippen molar-refractivity contribution >= 4 is 10.0 Å². The highest BCUT2D eigenvalue weighted by Gasteiger charge is 2.17. The normalized spacial score (nSPS) is 11.8. The number of pyridine rings is 1. The lowest BCUT2D eigenvalue weighted by Crippen LogP contribution is -2.24. The summed E-state index contributed by atoms with van der Waals surface area (Å²) in [5.74, 6) is 0.958. The van der Waals surface area contributed by atoms with Crippen molar-refractivity contribution in [1.29, 1.82) is 0 Å². The summed E-state index contributed by atoms with van der Waals surface area (Å²) in [6.45, 7) is 3.32. The first-order chi connectivity index (χ1) is 9.42. The van der Waals surface area contributed by atoms with Crippen LogP contribution in [0.1, 0.15) is 22.9 Å². The molecule has 7 nitrogen and oxygen atoms in total. The Bertz CT molecular complexity index is 672. The molecule has 0 aromatic carbocycles. The highest BCUT2D eigenvalue weighted by Crippen LogP contribution is 2.10. The van der Waals surface area contributed by atoms with Crippen molar-refractivity contribution in [2.75, 3.05) is 0 Å². The number of hydrogen-bond donors (Lipinski definition) is 2. The fraction of sp³-hybridized carbons (Fsp3) is 0.333. The molecule has 0 unspecified atom stereocenters. The van der Waals surface area contributed by atoms with Crippen LogP contribution < -0.4 is 4.72 Å². The predicted molar refractivity (Wildman–Crippen MR) is 70.2 cm³/mol. The average Bonchev–Trinajstić information content (AvgIpc) is 2.76. The molecule has 8 heteroatoms. The Morgan fingerprint density at radius 2 is 2.10 bits per heavy atom. The molecule has 2 rings (SSSR count). The number of aromatic nitrogens is 2. The average molecular weight is 297 g/mol. The highest BCUT2D eigenvalue weighted by molar-refractivity contribution is 7.89. The van der Waals surface area contributed by atoms with Gasteiger partial charge in [-0.05, 0) is 25.5 Å². The smallest absolute Gasteiger partial charge is 0.258 e. The van der Waals surface area contributed by atoms with E-state index >= 15 is 0 Å². The summed E-state index contributed by atoms with van der Waals surface area (Å²) in [6.07, 6.45) is 1.31. The number of sulfonamides is 1. The molecule has 0 saturated heterocycles. The van der Waals surface area contributed by atoms with Gasteiger partial charge in [-0.3, -0.25) is 0 Å². The maximum atomic E-state index is 12.0. The van der Waals surface area contributed by atoms with Gasteiger partial charge in [0.25, 0.3) is 10.0 Å². The number of nitrogens with one attached hydrogen (secondary N) is 1. The van der Waals surface area contributed by atoms with Crippen LogP contribution in [0, 0.1) is 13.8 Å². The second-order valence-electron chi connectivity index (χ2n) is 4.24. The Morgan fingerprint density at radius 1 is 1.35 bits per heavy atom. The number of nitrogens with zero attached hydrogens (tertiary/aromatic N) is 2. The van der Waals surface area contributed by atoms with Crippen molar-refractivity contribution in [3.8, 4) is 0 Å². The number of aliphatic hydroxyl groups excluding tert-OH is 1. The Kier molecular flexibility index (Phi) is 4.17. The van der Waals surface area contributed by atoms with Gasteiger partial charge in [0.1, 0.15) is 5.76 Å². The van der Waals surface area contributed by atoms with Crippen LogP contribution in [-0.4, -0.2) is 23.5 Å². The van der Waals surface area contributed by atoms with Gasteiger partial charge in [-0.25, -0.2) is 23.1 Å². The van der Waals surface area contributed by atoms with Crippen LogP contribution in [0.4, 0.5) is 0 Å². The SMILES string of the molecule is Cc1nc(CNS(=O)(=O)c2ccc(CO)cn2)oc1C. The largest absolute Gasteiger partial charge is 0.444 e. The third-order valence-corrected chi connectivity index (χ3v) is 4.06. The molecule has 2 heterocycles. The monoisotopic (exact) mass is 297 g/mol. The molecule has 20 heavy (non-hydrogen) atoms. The minimum Gasteiger partial charge on any atom is -0.444 e. The van der Waals surface area contributed by atoms with Crippen LogP contribution in [0.5, 0.6) is 0 Å². The summed E-state index contributed by atoms with van der Waals surface area (Å²) >= 11 is 0. The predicted octanol–water partition coefficient (Wildman–Crippen LogP) is 0.657. The molecule has 2 N–H and O–H groups in total. The third kappa shape index (κ3) is 3.21. The molecule has 0 aliphatic rings. The molecule has 2 aromatic rings. The van der Waals surface area contributed by atoms with Crippen LogP contribution in [-0.2, 0) is 23.2 Å². The minimum absolute atomic E-state index is 0.0412. The molecule has 0 bridgehead atoms. The molecule has 0 aliphatic heterocycles. The van der Waals surface area contributed by atoms with E-state index in [4.69, 9.17) is 9.52 Å². The summed E-state index contributed by atoms with van der Waals surface area (Å²) in [7, 11) is -3.73. The number of aliphatic hydroxyl groups is 1. The molecule has 108 valence electrons. The van der Waals surface area contributed by atoms with Crippen molar-refractivity contribution < 1.29 is 17.9 Å². The molecular formula is C12H15N3O4S. The number of oxazole rings is 1. The van der Waals surface area contributed by atoms with Gasteiger partial charge in [0, 0.05) is 6.20 Å². The van der Waals surface area contributed by atoms with Crippen molar-refractivity contribution in [1.82, 2.24) is 14.7 Å². The van der Waals surface area contributed by atoms with E-state index < -0.39 is 10.0 Å². The fourth-order valence-electron chi connectivity index (χ4n) is 1.51. The quantitative estimate of drug-likeness (QED) is 0.839. The standard InChI is InChI=1S/C12H15N3O4S/c1-8-9(2)19-11(15-8)6-14-20(17,18)12-4-3-10(7-16)5-13-12/h3-5,14,16H,6-7H2,1-2H3. The summed E-state index contributed by atoms with van der Waals surface area (Å²) in [4.78, 5) is 7.88. The van der Waals surface area contributed by atoms with E-state index in [-0.39, 0.29) is 18.2 Å². The number of rotatable bonds is 5. The number of aryl methyl sites for hydroxylation is 2. The second-order valence-corrected chi connectivity index (χ2v) is 5.95. The first kappa shape index (κ1) is 14.6. The van der Waals surface area contributed by atoms with Crippen LogP contribution >= 0.6 is 0 Å². The van der Waals surface area contributed by atoms with E-state index in [1.165, 1.54) is 18.3 Å². The molecule has 0 radical (unpaired) electrons. The van der Waals surface area contributed by atoms with Crippen LogP contribution in [0.25, 0.3) is 0 Å². The fourth-order valence-corrected chi connectivity index (χ4v) is 2.41. The summed E-state index contributed by atoms with van der Waals surface area (Å²) in [5.41, 5.74) is 1.27. The van der Waals surface area contributed by atoms with Gasteiger partial charge in [-0.1, -0.05) is 6.07 Å². The van der Waals surface area contributed by atoms with E-state index in [2.05, 4.69) is 14.7 Å². The van der Waals surface area contributed by atoms with Gasteiger partial charge in [0.15, 0.2) is 5.03 Å². The van der Waals surface area contributed by atoms with Crippen molar-refractivity contribution in [2.24, 2.45) is 0 Å². The third-order valence-electron chi connectivity index (χ3n) is 2.74. The van der Waals surface area contributed by atoms with Crippen LogP contribution in [0.15, 0.2) is 27.8 Å². The first-order valence-electron chi connectivity index (χ1n) is 5.91. The summed E-state index contributed by atoms with van der Waals surface area (Å²) in [5, 5.41) is 8.77. The van der Waals surface area contributed by atoms with Crippen LogP contribution in [0.2, 0.25) is 0 Å². The van der Waals surface area contributed by atoms with Gasteiger partial charge < -0.3 is 9.52 Å². The van der Waals surface area contributed by atoms with E-state index in [1.807, 2.05) is 0 Å². The van der Waals surface area contributed by atoms with Gasteiger partial charge in [0.2, 0.25) is 5.89 Å². The molecule has 0 fully saturated rings. The van der Waals surface area contributed by atoms with Gasteiger partial charge in [-0.15, -0.1) is 0 Å². The van der Waals surface area contributed by atoms with Crippen molar-refractivity contribution in [3.63, 3.8) is 0 Å². The Labute approximate surface area is 116 Å². The number of hydrogen-bond acceptors (Lipinski definition) is 6. The molecular weight excluding hydrogens is 282 g/mol. The highest BCUT2D eigenvalue weighted by atomic mass is 32.2. The lowest BCUT2D eigenvalue weighted by atomic mass is 10.3. The topological polar surface area (TPSA) is 105 Å². The van der Waals surface area contributed by atoms with E-state index in [0.29, 0.717) is 17.2 Å². The van der Waals surface area contributed by atoms with E-state index in [9.17, 15) is 8.42 Å². The van der Waals surface area contributed by atoms with Gasteiger partial charge >= 0.3 is 0 Å². The zero-order valence-corrected chi connectivity index (χ0v) is 11.9. The van der Waals surface area contributed by atoms with Gasteiger partial charge in [-0.2, -0.15) is 0 Å². The lowest BCUT2D eigenvalue weighted by Gasteiger charge is -2.04. The summed E-state index contributed by atoms with van der Waals surface area (Å²) < 4.78 is 31.6. The van der Waals surface area contributed by atoms with Crippen LogP contribution in [0.3, 0.4) is 0 Å². The maximum Gasteiger partial charge on any atom is 0.258 e. The maximum absolute atomic E-state index is 12.0. The minimum atomic E-state index is -3.73. The molecule has 0 atom stereocenters. The molecule has 2 aromatic heterocycles. The van der Waals surface area contributed by atoms with Crippen molar-refractivity contribution in [3.05, 3.63) is 41.2 Å². The molecule has 0 amide bonds. The first-order valence-corrected chi connectivity index (χ1v) is 7.39. The van der Waals surface area contributed by atoms with E-state index in [0.717, 1.165) is 5.69 Å². The Balaban J connectivity index is 2.10.